The van der Waals surface area contributed by atoms with Gasteiger partial charge in [0.05, 0.1) is 6.61 Å². The molecule has 3 atom stereocenters. The summed E-state index contributed by atoms with van der Waals surface area (Å²) in [5.74, 6) is 0. The van der Waals surface area contributed by atoms with E-state index in [0.717, 1.165) is 19.7 Å². The molecule has 3 nitrogen and oxygen atoms in total. The zero-order valence-electron chi connectivity index (χ0n) is 12.3. The fourth-order valence-corrected chi connectivity index (χ4v) is 2.92. The zero-order valence-corrected chi connectivity index (χ0v) is 12.3. The topological polar surface area (TPSA) is 24.5 Å². The van der Waals surface area contributed by atoms with Gasteiger partial charge in [-0.2, -0.15) is 0 Å². The highest BCUT2D eigenvalue weighted by molar-refractivity contribution is 5.20. The number of methoxy groups -OCH3 is 1. The lowest BCUT2D eigenvalue weighted by Gasteiger charge is -2.43. The van der Waals surface area contributed by atoms with Crippen molar-refractivity contribution in [2.45, 2.75) is 38.4 Å². The number of nitrogens with zero attached hydrogens (tertiary/aromatic N) is 1. The lowest BCUT2D eigenvalue weighted by Crippen LogP contribution is -2.55. The Kier molecular flexibility index (Phi) is 5.37. The second kappa shape index (κ2) is 7.04. The van der Waals surface area contributed by atoms with Gasteiger partial charge in [-0.1, -0.05) is 37.3 Å². The van der Waals surface area contributed by atoms with Crippen molar-refractivity contribution < 1.29 is 4.74 Å². The number of rotatable bonds is 5. The molecule has 1 aliphatic heterocycles. The summed E-state index contributed by atoms with van der Waals surface area (Å²) in [5.41, 5.74) is 1.40. The summed E-state index contributed by atoms with van der Waals surface area (Å²) < 4.78 is 5.35. The van der Waals surface area contributed by atoms with E-state index in [1.165, 1.54) is 12.0 Å². The van der Waals surface area contributed by atoms with Crippen LogP contribution in [0, 0.1) is 0 Å². The number of piperazine rings is 1. The minimum absolute atomic E-state index is 0.450. The van der Waals surface area contributed by atoms with E-state index >= 15 is 0 Å². The summed E-state index contributed by atoms with van der Waals surface area (Å²) in [6.45, 7) is 7.42. The minimum atomic E-state index is 0.450. The molecule has 0 aliphatic carbocycles. The van der Waals surface area contributed by atoms with Crippen molar-refractivity contribution >= 4 is 0 Å². The molecule has 1 aromatic rings. The smallest absolute Gasteiger partial charge is 0.0615 e. The van der Waals surface area contributed by atoms with E-state index in [9.17, 15) is 0 Å². The number of benzene rings is 1. The Morgan fingerprint density at radius 2 is 2.11 bits per heavy atom. The van der Waals surface area contributed by atoms with Crippen molar-refractivity contribution in [2.75, 3.05) is 26.8 Å². The number of nitrogens with one attached hydrogen (secondary N) is 1. The minimum Gasteiger partial charge on any atom is -0.383 e. The van der Waals surface area contributed by atoms with Crippen molar-refractivity contribution in [2.24, 2.45) is 0 Å². The second-order valence-electron chi connectivity index (χ2n) is 5.44. The van der Waals surface area contributed by atoms with Gasteiger partial charge in [0.15, 0.2) is 0 Å². The molecule has 0 bridgehead atoms. The summed E-state index contributed by atoms with van der Waals surface area (Å²) in [4.78, 5) is 2.59. The summed E-state index contributed by atoms with van der Waals surface area (Å²) in [6.07, 6.45) is 1.18. The van der Waals surface area contributed by atoms with Gasteiger partial charge in [-0.05, 0) is 18.9 Å². The van der Waals surface area contributed by atoms with Gasteiger partial charge in [0, 0.05) is 38.3 Å². The van der Waals surface area contributed by atoms with E-state index in [2.05, 4.69) is 54.4 Å². The molecule has 0 radical (unpaired) electrons. The van der Waals surface area contributed by atoms with Crippen LogP contribution in [0.4, 0.5) is 0 Å². The summed E-state index contributed by atoms with van der Waals surface area (Å²) in [7, 11) is 1.79. The molecule has 1 saturated heterocycles. The van der Waals surface area contributed by atoms with E-state index in [-0.39, 0.29) is 0 Å². The van der Waals surface area contributed by atoms with Crippen LogP contribution in [0.2, 0.25) is 0 Å². The Bertz CT molecular complexity index is 368. The van der Waals surface area contributed by atoms with Gasteiger partial charge >= 0.3 is 0 Å². The predicted octanol–water partition coefficient (Wildman–Crippen LogP) is 2.45. The molecule has 0 amide bonds. The van der Waals surface area contributed by atoms with Gasteiger partial charge < -0.3 is 10.1 Å². The quantitative estimate of drug-likeness (QED) is 0.882. The van der Waals surface area contributed by atoms with Gasteiger partial charge in [0.25, 0.3) is 0 Å². The maximum atomic E-state index is 5.35. The molecule has 0 saturated carbocycles. The maximum Gasteiger partial charge on any atom is 0.0615 e. The molecule has 3 unspecified atom stereocenters. The average Bonchev–Trinajstić information content (AvgIpc) is 2.47. The van der Waals surface area contributed by atoms with Crippen molar-refractivity contribution in [1.29, 1.82) is 0 Å². The van der Waals surface area contributed by atoms with Gasteiger partial charge in [0.2, 0.25) is 0 Å². The molecule has 1 heterocycles. The van der Waals surface area contributed by atoms with Gasteiger partial charge in [-0.3, -0.25) is 4.90 Å². The van der Waals surface area contributed by atoms with Crippen molar-refractivity contribution in [3.8, 4) is 0 Å². The first-order valence-electron chi connectivity index (χ1n) is 7.29. The van der Waals surface area contributed by atoms with Crippen molar-refractivity contribution in [1.82, 2.24) is 10.2 Å². The first kappa shape index (κ1) is 14.5. The van der Waals surface area contributed by atoms with Crippen LogP contribution < -0.4 is 5.32 Å². The zero-order chi connectivity index (χ0) is 13.7. The maximum absolute atomic E-state index is 5.35. The third kappa shape index (κ3) is 3.56. The molecule has 106 valence electrons. The fraction of sp³-hybridized carbons (Fsp3) is 0.625. The van der Waals surface area contributed by atoms with Gasteiger partial charge in [0.1, 0.15) is 0 Å². The third-order valence-corrected chi connectivity index (χ3v) is 4.08. The van der Waals surface area contributed by atoms with Crippen LogP contribution in [0.25, 0.3) is 0 Å². The molecule has 1 aromatic carbocycles. The molecular weight excluding hydrogens is 236 g/mol. The Balaban J connectivity index is 2.15. The van der Waals surface area contributed by atoms with Crippen LogP contribution in [0.1, 0.15) is 31.9 Å². The van der Waals surface area contributed by atoms with Gasteiger partial charge in [-0.25, -0.2) is 0 Å². The average molecular weight is 262 g/mol. The van der Waals surface area contributed by atoms with E-state index in [1.54, 1.807) is 7.11 Å². The third-order valence-electron chi connectivity index (χ3n) is 4.08. The molecule has 0 spiro atoms. The molecular formula is C16H26N2O. The monoisotopic (exact) mass is 262 g/mol. The second-order valence-corrected chi connectivity index (χ2v) is 5.44. The molecule has 19 heavy (non-hydrogen) atoms. The number of hydrogen-bond donors (Lipinski definition) is 1. The van der Waals surface area contributed by atoms with E-state index in [4.69, 9.17) is 4.74 Å². The molecule has 1 N–H and O–H groups in total. The van der Waals surface area contributed by atoms with Crippen LogP contribution >= 0.6 is 0 Å². The predicted molar refractivity (Wildman–Crippen MR) is 79.3 cm³/mol. The number of ether oxygens (including phenoxy) is 1. The lowest BCUT2D eigenvalue weighted by atomic mass is 9.98. The van der Waals surface area contributed by atoms with Crippen LogP contribution in [-0.4, -0.2) is 43.8 Å². The Hall–Kier alpha value is -0.900. The number of hydrogen-bond acceptors (Lipinski definition) is 3. The Labute approximate surface area is 116 Å². The van der Waals surface area contributed by atoms with Crippen molar-refractivity contribution in [3.63, 3.8) is 0 Å². The van der Waals surface area contributed by atoms with Gasteiger partial charge in [-0.15, -0.1) is 0 Å². The fourth-order valence-electron chi connectivity index (χ4n) is 2.92. The Morgan fingerprint density at radius 3 is 2.74 bits per heavy atom. The SMILES string of the molecule is CCC1CN(C(C)COC)C(c2ccccc2)CN1. The van der Waals surface area contributed by atoms with Crippen molar-refractivity contribution in [3.05, 3.63) is 35.9 Å². The molecule has 1 fully saturated rings. The molecule has 2 rings (SSSR count). The van der Waals surface area contributed by atoms with Crippen LogP contribution in [0.3, 0.4) is 0 Å². The summed E-state index contributed by atoms with van der Waals surface area (Å²) in [5, 5.41) is 3.66. The first-order chi connectivity index (χ1) is 9.26. The molecule has 3 heteroatoms. The standard InChI is InChI=1S/C16H26N2O/c1-4-15-11-18(13(2)12-19-3)16(10-17-15)14-8-6-5-7-9-14/h5-9,13,15-17H,4,10-12H2,1-3H3. The normalized spacial score (nSPS) is 26.3. The molecule has 0 aromatic heterocycles. The largest absolute Gasteiger partial charge is 0.383 e. The first-order valence-corrected chi connectivity index (χ1v) is 7.29. The highest BCUT2D eigenvalue weighted by Gasteiger charge is 2.31. The summed E-state index contributed by atoms with van der Waals surface area (Å²) >= 11 is 0. The van der Waals surface area contributed by atoms with E-state index in [1.807, 2.05) is 0 Å². The molecule has 1 aliphatic rings. The van der Waals surface area contributed by atoms with E-state index < -0.39 is 0 Å². The van der Waals surface area contributed by atoms with Crippen LogP contribution in [0.15, 0.2) is 30.3 Å². The van der Waals surface area contributed by atoms with Crippen LogP contribution in [0.5, 0.6) is 0 Å². The lowest BCUT2D eigenvalue weighted by molar-refractivity contribution is 0.0401. The van der Waals surface area contributed by atoms with E-state index in [0.29, 0.717) is 18.1 Å². The highest BCUT2D eigenvalue weighted by atomic mass is 16.5. The van der Waals surface area contributed by atoms with Crippen LogP contribution in [-0.2, 0) is 4.74 Å². The highest BCUT2D eigenvalue weighted by Crippen LogP contribution is 2.26. The Morgan fingerprint density at radius 1 is 1.37 bits per heavy atom. The summed E-state index contributed by atoms with van der Waals surface area (Å²) in [6, 6.07) is 12.3.